The van der Waals surface area contributed by atoms with Gasteiger partial charge in [-0.25, -0.2) is 9.18 Å². The van der Waals surface area contributed by atoms with E-state index in [4.69, 9.17) is 18.9 Å². The number of ether oxygens (including phenoxy) is 4. The highest BCUT2D eigenvalue weighted by molar-refractivity contribution is 6.05. The van der Waals surface area contributed by atoms with Gasteiger partial charge in [0.1, 0.15) is 11.6 Å². The quantitative estimate of drug-likeness (QED) is 0.573. The molecule has 0 aliphatic carbocycles. The van der Waals surface area contributed by atoms with Crippen molar-refractivity contribution in [1.29, 1.82) is 0 Å². The number of ketones is 1. The van der Waals surface area contributed by atoms with Crippen molar-refractivity contribution < 1.29 is 37.7 Å². The maximum atomic E-state index is 13.0. The summed E-state index contributed by atoms with van der Waals surface area (Å²) in [6.45, 7) is 0.292. The molecule has 1 amide bonds. The molecule has 0 unspecified atom stereocenters. The Balaban J connectivity index is 1.53. The summed E-state index contributed by atoms with van der Waals surface area (Å²) >= 11 is 0. The van der Waals surface area contributed by atoms with Crippen molar-refractivity contribution in [2.45, 2.75) is 6.92 Å². The van der Waals surface area contributed by atoms with Crippen molar-refractivity contribution in [2.24, 2.45) is 0 Å². The third-order valence-corrected chi connectivity index (χ3v) is 3.68. The van der Waals surface area contributed by atoms with E-state index < -0.39 is 30.9 Å². The average Bonchev–Trinajstić information content (AvgIpc) is 3.11. The van der Waals surface area contributed by atoms with Gasteiger partial charge in [0.2, 0.25) is 6.79 Å². The van der Waals surface area contributed by atoms with E-state index in [0.29, 0.717) is 11.5 Å². The Labute approximate surface area is 159 Å². The van der Waals surface area contributed by atoms with Crippen molar-refractivity contribution in [3.05, 3.63) is 47.8 Å². The van der Waals surface area contributed by atoms with Crippen LogP contribution in [0, 0.1) is 5.82 Å². The van der Waals surface area contributed by atoms with Crippen LogP contribution in [0.15, 0.2) is 36.4 Å². The number of carbonyl (C=O) groups excluding carboxylic acids is 3. The predicted molar refractivity (Wildman–Crippen MR) is 94.1 cm³/mol. The molecule has 3 rings (SSSR count). The minimum Gasteiger partial charge on any atom is -0.482 e. The maximum Gasteiger partial charge on any atom is 0.344 e. The standard InChI is InChI=1S/C19H16FNO7/c1-11(22)14-6-16-17(28-10-27-16)7-15(14)21-18(23)8-26-19(24)9-25-13-4-2-3-12(20)5-13/h2-7H,8-10H2,1H3,(H,21,23). The fraction of sp³-hybridized carbons (Fsp3) is 0.211. The van der Waals surface area contributed by atoms with Gasteiger partial charge in [-0.15, -0.1) is 0 Å². The molecule has 0 spiro atoms. The first-order valence-electron chi connectivity index (χ1n) is 8.21. The summed E-state index contributed by atoms with van der Waals surface area (Å²) in [5.41, 5.74) is 0.451. The van der Waals surface area contributed by atoms with E-state index in [0.717, 1.165) is 6.07 Å². The summed E-state index contributed by atoms with van der Waals surface area (Å²) < 4.78 is 33.4. The molecule has 9 heteroatoms. The minimum atomic E-state index is -0.808. The number of carbonyl (C=O) groups is 3. The van der Waals surface area contributed by atoms with Crippen LogP contribution in [0.2, 0.25) is 0 Å². The molecule has 1 aliphatic rings. The van der Waals surface area contributed by atoms with Crippen molar-refractivity contribution in [1.82, 2.24) is 0 Å². The third-order valence-electron chi connectivity index (χ3n) is 3.68. The maximum absolute atomic E-state index is 13.0. The lowest BCUT2D eigenvalue weighted by atomic mass is 10.1. The van der Waals surface area contributed by atoms with Gasteiger partial charge in [0, 0.05) is 17.7 Å². The molecule has 0 saturated carbocycles. The van der Waals surface area contributed by atoms with Gasteiger partial charge < -0.3 is 24.3 Å². The van der Waals surface area contributed by atoms with Gasteiger partial charge in [-0.1, -0.05) is 6.07 Å². The zero-order valence-electron chi connectivity index (χ0n) is 14.8. The summed E-state index contributed by atoms with van der Waals surface area (Å²) in [6, 6.07) is 8.20. The normalized spacial score (nSPS) is 11.6. The van der Waals surface area contributed by atoms with Crippen LogP contribution in [0.4, 0.5) is 10.1 Å². The van der Waals surface area contributed by atoms with Gasteiger partial charge in [-0.2, -0.15) is 0 Å². The number of esters is 1. The second-order valence-corrected chi connectivity index (χ2v) is 5.76. The van der Waals surface area contributed by atoms with E-state index in [1.54, 1.807) is 0 Å². The first kappa shape index (κ1) is 19.2. The molecule has 28 heavy (non-hydrogen) atoms. The van der Waals surface area contributed by atoms with Gasteiger partial charge in [-0.3, -0.25) is 9.59 Å². The molecule has 146 valence electrons. The number of rotatable bonds is 7. The van der Waals surface area contributed by atoms with Gasteiger partial charge in [-0.05, 0) is 25.1 Å². The molecular formula is C19H16FNO7. The molecule has 0 fully saturated rings. The molecule has 8 nitrogen and oxygen atoms in total. The molecule has 2 aromatic rings. The summed E-state index contributed by atoms with van der Waals surface area (Å²) in [5.74, 6) is -1.29. The number of amides is 1. The van der Waals surface area contributed by atoms with Gasteiger partial charge in [0.25, 0.3) is 5.91 Å². The fourth-order valence-corrected chi connectivity index (χ4v) is 2.41. The van der Waals surface area contributed by atoms with Crippen LogP contribution in [0.1, 0.15) is 17.3 Å². The van der Waals surface area contributed by atoms with E-state index in [9.17, 15) is 18.8 Å². The lowest BCUT2D eigenvalue weighted by molar-refractivity contribution is -0.149. The molecule has 2 aromatic carbocycles. The van der Waals surface area contributed by atoms with Crippen molar-refractivity contribution >= 4 is 23.3 Å². The molecule has 1 heterocycles. The minimum absolute atomic E-state index is 0.0208. The molecule has 0 aromatic heterocycles. The predicted octanol–water partition coefficient (Wildman–Crippen LogP) is 2.32. The Kier molecular flexibility index (Phi) is 5.73. The largest absolute Gasteiger partial charge is 0.482 e. The van der Waals surface area contributed by atoms with Crippen LogP contribution >= 0.6 is 0 Å². The lowest BCUT2D eigenvalue weighted by Crippen LogP contribution is -2.24. The zero-order chi connectivity index (χ0) is 20.1. The number of halogens is 1. The number of hydrogen-bond acceptors (Lipinski definition) is 7. The van der Waals surface area contributed by atoms with E-state index in [2.05, 4.69) is 5.32 Å². The molecule has 0 saturated heterocycles. The Hall–Kier alpha value is -3.62. The Morgan fingerprint density at radius 2 is 1.86 bits per heavy atom. The first-order valence-corrected chi connectivity index (χ1v) is 8.21. The highest BCUT2D eigenvalue weighted by Gasteiger charge is 2.20. The van der Waals surface area contributed by atoms with E-state index >= 15 is 0 Å². The topological polar surface area (TPSA) is 100 Å². The van der Waals surface area contributed by atoms with Crippen LogP contribution in [-0.2, 0) is 14.3 Å². The van der Waals surface area contributed by atoms with Crippen LogP contribution in [0.25, 0.3) is 0 Å². The second-order valence-electron chi connectivity index (χ2n) is 5.76. The SMILES string of the molecule is CC(=O)c1cc2c(cc1NC(=O)COC(=O)COc1cccc(F)c1)OCO2. The summed E-state index contributed by atoms with van der Waals surface area (Å²) in [7, 11) is 0. The van der Waals surface area contributed by atoms with E-state index in [1.807, 2.05) is 0 Å². The molecule has 0 radical (unpaired) electrons. The van der Waals surface area contributed by atoms with Crippen LogP contribution in [0.5, 0.6) is 17.2 Å². The monoisotopic (exact) mass is 389 g/mol. The number of nitrogens with one attached hydrogen (secondary N) is 1. The van der Waals surface area contributed by atoms with E-state index in [-0.39, 0.29) is 29.6 Å². The molecule has 0 bridgehead atoms. The lowest BCUT2D eigenvalue weighted by Gasteiger charge is -2.11. The third kappa shape index (κ3) is 4.76. The second kappa shape index (κ2) is 8.38. The number of hydrogen-bond donors (Lipinski definition) is 1. The molecule has 1 aliphatic heterocycles. The Bertz CT molecular complexity index is 928. The number of benzene rings is 2. The summed E-state index contributed by atoms with van der Waals surface area (Å²) in [6.07, 6.45) is 0. The number of Topliss-reactive ketones (excluding diaryl/α,β-unsaturated/α-hetero) is 1. The van der Waals surface area contributed by atoms with Crippen LogP contribution in [0.3, 0.4) is 0 Å². The van der Waals surface area contributed by atoms with Crippen molar-refractivity contribution in [2.75, 3.05) is 25.3 Å². The highest BCUT2D eigenvalue weighted by Crippen LogP contribution is 2.37. The molecular weight excluding hydrogens is 373 g/mol. The van der Waals surface area contributed by atoms with Gasteiger partial charge in [0.05, 0.1) is 5.69 Å². The summed E-state index contributed by atoms with van der Waals surface area (Å²) in [5, 5.41) is 2.50. The smallest absolute Gasteiger partial charge is 0.344 e. The average molecular weight is 389 g/mol. The number of fused-ring (bicyclic) bond motifs is 1. The zero-order valence-corrected chi connectivity index (χ0v) is 14.8. The highest BCUT2D eigenvalue weighted by atomic mass is 19.1. The molecule has 1 N–H and O–H groups in total. The van der Waals surface area contributed by atoms with Crippen molar-refractivity contribution in [3.8, 4) is 17.2 Å². The Morgan fingerprint density at radius 1 is 1.11 bits per heavy atom. The van der Waals surface area contributed by atoms with Crippen LogP contribution < -0.4 is 19.5 Å². The summed E-state index contributed by atoms with van der Waals surface area (Å²) in [4.78, 5) is 35.5. The van der Waals surface area contributed by atoms with Gasteiger partial charge in [0.15, 0.2) is 30.5 Å². The van der Waals surface area contributed by atoms with E-state index in [1.165, 1.54) is 37.3 Å². The Morgan fingerprint density at radius 3 is 2.57 bits per heavy atom. The van der Waals surface area contributed by atoms with Crippen molar-refractivity contribution in [3.63, 3.8) is 0 Å². The van der Waals surface area contributed by atoms with Gasteiger partial charge >= 0.3 is 5.97 Å². The number of anilines is 1. The van der Waals surface area contributed by atoms with Crippen LogP contribution in [-0.4, -0.2) is 37.7 Å². The fourth-order valence-electron chi connectivity index (χ4n) is 2.41. The first-order chi connectivity index (χ1) is 13.4. The molecule has 0 atom stereocenters.